The second-order valence-electron chi connectivity index (χ2n) is 9.65. The van der Waals surface area contributed by atoms with E-state index in [1.165, 1.54) is 6.33 Å². The summed E-state index contributed by atoms with van der Waals surface area (Å²) in [6, 6.07) is 5.18. The van der Waals surface area contributed by atoms with Gasteiger partial charge in [-0.2, -0.15) is 5.10 Å². The number of nitro benzene ring substituents is 1. The van der Waals surface area contributed by atoms with Crippen molar-refractivity contribution in [2.45, 2.75) is 52.2 Å². The van der Waals surface area contributed by atoms with Crippen LogP contribution in [0, 0.1) is 17.0 Å². The van der Waals surface area contributed by atoms with Gasteiger partial charge in [0.2, 0.25) is 0 Å². The van der Waals surface area contributed by atoms with Gasteiger partial charge in [0, 0.05) is 37.0 Å². The van der Waals surface area contributed by atoms with Crippen LogP contribution in [0.25, 0.3) is 16.8 Å². The van der Waals surface area contributed by atoms with Gasteiger partial charge in [-0.15, -0.1) is 0 Å². The van der Waals surface area contributed by atoms with Crippen LogP contribution < -0.4 is 10.1 Å². The van der Waals surface area contributed by atoms with Crippen molar-refractivity contribution in [3.8, 4) is 16.9 Å². The maximum atomic E-state index is 12.3. The first-order valence-corrected chi connectivity index (χ1v) is 11.5. The summed E-state index contributed by atoms with van der Waals surface area (Å²) in [4.78, 5) is 29.8. The van der Waals surface area contributed by atoms with E-state index >= 15 is 0 Å². The minimum atomic E-state index is -0.547. The van der Waals surface area contributed by atoms with E-state index in [9.17, 15) is 14.9 Å². The lowest BCUT2D eigenvalue weighted by molar-refractivity contribution is -0.383. The fourth-order valence-corrected chi connectivity index (χ4v) is 4.22. The monoisotopic (exact) mass is 482 g/mol. The first kappa shape index (κ1) is 24.2. The Hall–Kier alpha value is -3.89. The Morgan fingerprint density at radius 2 is 1.94 bits per heavy atom. The first-order chi connectivity index (χ1) is 16.6. The van der Waals surface area contributed by atoms with Crippen molar-refractivity contribution >= 4 is 23.1 Å². The summed E-state index contributed by atoms with van der Waals surface area (Å²) in [6.07, 6.45) is 4.20. The molecule has 0 saturated carbocycles. The predicted octanol–water partition coefficient (Wildman–Crippen LogP) is 4.43. The van der Waals surface area contributed by atoms with Gasteiger partial charge in [-0.1, -0.05) is 0 Å². The SMILES string of the molecule is COc1cc(-c2cc([N+](=O)[O-])c(NC3CCN(C(=O)OC(C)(C)C)CC3)cc2C)cn2ncnc12. The number of rotatable bonds is 5. The van der Waals surface area contributed by atoms with Crippen molar-refractivity contribution in [3.05, 3.63) is 46.4 Å². The molecule has 1 saturated heterocycles. The number of pyridine rings is 1. The van der Waals surface area contributed by atoms with Gasteiger partial charge in [0.1, 0.15) is 17.6 Å². The third-order valence-electron chi connectivity index (χ3n) is 5.92. The van der Waals surface area contributed by atoms with Crippen LogP contribution in [-0.2, 0) is 4.74 Å². The number of nitrogens with zero attached hydrogens (tertiary/aromatic N) is 5. The van der Waals surface area contributed by atoms with E-state index in [2.05, 4.69) is 15.4 Å². The molecule has 35 heavy (non-hydrogen) atoms. The normalized spacial score (nSPS) is 14.7. The summed E-state index contributed by atoms with van der Waals surface area (Å²) >= 11 is 0. The summed E-state index contributed by atoms with van der Waals surface area (Å²) in [6.45, 7) is 8.47. The summed E-state index contributed by atoms with van der Waals surface area (Å²) in [7, 11) is 1.55. The van der Waals surface area contributed by atoms with Crippen LogP contribution in [0.4, 0.5) is 16.2 Å². The Morgan fingerprint density at radius 1 is 1.23 bits per heavy atom. The highest BCUT2D eigenvalue weighted by atomic mass is 16.6. The van der Waals surface area contributed by atoms with E-state index in [1.807, 2.05) is 27.7 Å². The zero-order chi connectivity index (χ0) is 25.3. The average Bonchev–Trinajstić information content (AvgIpc) is 3.26. The van der Waals surface area contributed by atoms with E-state index in [1.54, 1.807) is 40.9 Å². The lowest BCUT2D eigenvalue weighted by atomic mass is 9.98. The van der Waals surface area contributed by atoms with Crippen LogP contribution in [0.5, 0.6) is 5.75 Å². The number of benzene rings is 1. The fraction of sp³-hybridized carbons (Fsp3) is 0.458. The van der Waals surface area contributed by atoms with Crippen molar-refractivity contribution in [2.24, 2.45) is 0 Å². The van der Waals surface area contributed by atoms with E-state index in [4.69, 9.17) is 9.47 Å². The summed E-state index contributed by atoms with van der Waals surface area (Å²) in [5, 5.41) is 19.5. The molecule has 1 N–H and O–H groups in total. The number of hydrogen-bond acceptors (Lipinski definition) is 8. The maximum Gasteiger partial charge on any atom is 0.410 e. The minimum Gasteiger partial charge on any atom is -0.493 e. The summed E-state index contributed by atoms with van der Waals surface area (Å²) in [5.74, 6) is 0.529. The van der Waals surface area contributed by atoms with E-state index in [0.29, 0.717) is 48.6 Å². The molecule has 0 bridgehead atoms. The zero-order valence-corrected chi connectivity index (χ0v) is 20.6. The van der Waals surface area contributed by atoms with Crippen LogP contribution in [0.15, 0.2) is 30.7 Å². The van der Waals surface area contributed by atoms with Gasteiger partial charge in [0.05, 0.1) is 12.0 Å². The van der Waals surface area contributed by atoms with E-state index < -0.39 is 5.60 Å². The molecule has 3 heterocycles. The maximum absolute atomic E-state index is 12.3. The number of carbonyl (C=O) groups is 1. The molecular weight excluding hydrogens is 452 g/mol. The Morgan fingerprint density at radius 3 is 2.57 bits per heavy atom. The number of anilines is 1. The Bertz CT molecular complexity index is 1260. The number of carbonyl (C=O) groups excluding carboxylic acids is 1. The van der Waals surface area contributed by atoms with Crippen molar-refractivity contribution in [3.63, 3.8) is 0 Å². The lowest BCUT2D eigenvalue weighted by Crippen LogP contribution is -2.44. The molecule has 11 nitrogen and oxygen atoms in total. The molecule has 1 amide bonds. The van der Waals surface area contributed by atoms with Gasteiger partial charge >= 0.3 is 6.09 Å². The summed E-state index contributed by atoms with van der Waals surface area (Å²) < 4.78 is 12.5. The molecule has 186 valence electrons. The topological polar surface area (TPSA) is 124 Å². The Kier molecular flexibility index (Phi) is 6.51. The number of piperidine rings is 1. The standard InChI is InChI=1S/C24H30N6O5/c1-15-10-19(27-17-6-8-28(9-7-17)23(31)35-24(2,3)4)20(30(32)33)12-18(15)16-11-21(34-5)22-25-14-26-29(22)13-16/h10-14,17,27H,6-9H2,1-5H3. The van der Waals surface area contributed by atoms with Gasteiger partial charge in [-0.3, -0.25) is 10.1 Å². The molecule has 0 radical (unpaired) electrons. The molecule has 0 unspecified atom stereocenters. The quantitative estimate of drug-likeness (QED) is 0.418. The van der Waals surface area contributed by atoms with Crippen molar-refractivity contribution in [1.29, 1.82) is 0 Å². The number of aryl methyl sites for hydroxylation is 1. The van der Waals surface area contributed by atoms with Crippen molar-refractivity contribution < 1.29 is 19.2 Å². The molecule has 4 rings (SSSR count). The molecule has 2 aromatic heterocycles. The highest BCUT2D eigenvalue weighted by molar-refractivity contribution is 5.78. The molecule has 1 fully saturated rings. The van der Waals surface area contributed by atoms with Crippen LogP contribution >= 0.6 is 0 Å². The third kappa shape index (κ3) is 5.28. The number of methoxy groups -OCH3 is 1. The number of fused-ring (bicyclic) bond motifs is 1. The van der Waals surface area contributed by atoms with Gasteiger partial charge in [0.15, 0.2) is 11.4 Å². The number of amides is 1. The number of hydrogen-bond donors (Lipinski definition) is 1. The van der Waals surface area contributed by atoms with Crippen LogP contribution in [0.1, 0.15) is 39.2 Å². The van der Waals surface area contributed by atoms with Crippen molar-refractivity contribution in [1.82, 2.24) is 19.5 Å². The van der Waals surface area contributed by atoms with Crippen LogP contribution in [-0.4, -0.2) is 62.4 Å². The third-order valence-corrected chi connectivity index (χ3v) is 5.92. The molecule has 0 atom stereocenters. The van der Waals surface area contributed by atoms with Crippen molar-refractivity contribution in [2.75, 3.05) is 25.5 Å². The largest absolute Gasteiger partial charge is 0.493 e. The Labute approximate surface area is 203 Å². The van der Waals surface area contributed by atoms with Crippen LogP contribution in [0.3, 0.4) is 0 Å². The molecule has 3 aromatic rings. The minimum absolute atomic E-state index is 0.00392. The molecular formula is C24H30N6O5. The molecule has 11 heteroatoms. The predicted molar refractivity (Wildman–Crippen MR) is 131 cm³/mol. The highest BCUT2D eigenvalue weighted by Gasteiger charge is 2.28. The number of likely N-dealkylation sites (tertiary alicyclic amines) is 1. The number of ether oxygens (including phenoxy) is 2. The smallest absolute Gasteiger partial charge is 0.410 e. The highest BCUT2D eigenvalue weighted by Crippen LogP contribution is 2.36. The summed E-state index contributed by atoms with van der Waals surface area (Å²) in [5.41, 5.74) is 2.77. The lowest BCUT2D eigenvalue weighted by Gasteiger charge is -2.34. The molecule has 0 aliphatic carbocycles. The average molecular weight is 483 g/mol. The number of nitro groups is 1. The van der Waals surface area contributed by atoms with Crippen LogP contribution in [0.2, 0.25) is 0 Å². The number of aromatic nitrogens is 3. The van der Waals surface area contributed by atoms with E-state index in [0.717, 1.165) is 11.1 Å². The Balaban J connectivity index is 1.55. The van der Waals surface area contributed by atoms with Gasteiger partial charge in [0.25, 0.3) is 5.69 Å². The molecule has 1 aliphatic rings. The fourth-order valence-electron chi connectivity index (χ4n) is 4.22. The van der Waals surface area contributed by atoms with Gasteiger partial charge in [-0.05, 0) is 63.8 Å². The first-order valence-electron chi connectivity index (χ1n) is 11.5. The van der Waals surface area contributed by atoms with E-state index in [-0.39, 0.29) is 22.7 Å². The molecule has 1 aliphatic heterocycles. The second-order valence-corrected chi connectivity index (χ2v) is 9.65. The van der Waals surface area contributed by atoms with Gasteiger partial charge in [-0.25, -0.2) is 14.3 Å². The van der Waals surface area contributed by atoms with Gasteiger partial charge < -0.3 is 19.7 Å². The molecule has 1 aromatic carbocycles. The molecule has 0 spiro atoms. The number of nitrogens with one attached hydrogen (secondary N) is 1. The zero-order valence-electron chi connectivity index (χ0n) is 20.6. The second kappa shape index (κ2) is 9.40.